The van der Waals surface area contributed by atoms with Crippen molar-refractivity contribution in [2.75, 3.05) is 18.1 Å². The normalized spacial score (nSPS) is 32.1. The first-order chi connectivity index (χ1) is 8.60. The van der Waals surface area contributed by atoms with Crippen LogP contribution in [0.15, 0.2) is 0 Å². The van der Waals surface area contributed by atoms with E-state index in [1.807, 2.05) is 11.8 Å². The molecule has 1 aliphatic carbocycles. The fourth-order valence-corrected chi connectivity index (χ4v) is 3.79. The van der Waals surface area contributed by atoms with E-state index in [2.05, 4.69) is 19.2 Å². The second-order valence-corrected chi connectivity index (χ2v) is 6.73. The zero-order valence-corrected chi connectivity index (χ0v) is 12.0. The van der Waals surface area contributed by atoms with Gasteiger partial charge in [-0.3, -0.25) is 10.1 Å². The summed E-state index contributed by atoms with van der Waals surface area (Å²) < 4.78 is 0. The molecule has 1 saturated heterocycles. The fourth-order valence-electron chi connectivity index (χ4n) is 3.19. The van der Waals surface area contributed by atoms with Crippen LogP contribution in [0, 0.1) is 5.92 Å². The van der Waals surface area contributed by atoms with Gasteiger partial charge in [0.05, 0.1) is 0 Å². The highest BCUT2D eigenvalue weighted by atomic mass is 32.2. The van der Waals surface area contributed by atoms with Crippen molar-refractivity contribution in [3.8, 4) is 0 Å². The number of hydrogen-bond acceptors (Lipinski definition) is 3. The number of hydrogen-bond donors (Lipinski definition) is 1. The van der Waals surface area contributed by atoms with Gasteiger partial charge in [-0.15, -0.1) is 0 Å². The minimum absolute atomic E-state index is 0.0689. The molecule has 1 N–H and O–H groups in total. The Morgan fingerprint density at radius 3 is 2.94 bits per heavy atom. The number of urea groups is 1. The van der Waals surface area contributed by atoms with Crippen LogP contribution in [0.1, 0.15) is 39.5 Å². The number of imide groups is 1. The molecule has 18 heavy (non-hydrogen) atoms. The number of carbonyl (C=O) groups is 2. The molecule has 0 aromatic rings. The predicted octanol–water partition coefficient (Wildman–Crippen LogP) is 2.24. The van der Waals surface area contributed by atoms with Gasteiger partial charge in [-0.1, -0.05) is 26.7 Å². The molecule has 0 radical (unpaired) electrons. The lowest BCUT2D eigenvalue weighted by atomic mass is 9.75. The molecule has 2 atom stereocenters. The van der Waals surface area contributed by atoms with Gasteiger partial charge >= 0.3 is 6.03 Å². The van der Waals surface area contributed by atoms with Crippen molar-refractivity contribution in [2.45, 2.75) is 45.1 Å². The number of carbonyl (C=O) groups excluding carboxylic acids is 2. The van der Waals surface area contributed by atoms with Crippen LogP contribution >= 0.6 is 11.8 Å². The Morgan fingerprint density at radius 2 is 2.28 bits per heavy atom. The molecule has 3 amide bonds. The van der Waals surface area contributed by atoms with Crippen molar-refractivity contribution in [1.29, 1.82) is 0 Å². The maximum absolute atomic E-state index is 12.2. The van der Waals surface area contributed by atoms with Crippen molar-refractivity contribution in [1.82, 2.24) is 10.2 Å². The minimum Gasteiger partial charge on any atom is -0.309 e. The zero-order chi connectivity index (χ0) is 13.2. The smallest absolute Gasteiger partial charge is 0.309 e. The standard InChI is InChI=1S/C13H22N2O2S/c1-3-18-8-7-15-12(17)14-11(16)13(15)6-4-5-10(2)9-13/h10H,3-9H2,1-2H3,(H,14,16,17). The highest BCUT2D eigenvalue weighted by molar-refractivity contribution is 7.99. The minimum atomic E-state index is -0.539. The van der Waals surface area contributed by atoms with Crippen LogP contribution in [-0.2, 0) is 4.79 Å². The van der Waals surface area contributed by atoms with Crippen LogP contribution in [0.4, 0.5) is 4.79 Å². The molecule has 102 valence electrons. The summed E-state index contributed by atoms with van der Waals surface area (Å²) in [5.74, 6) is 2.41. The Labute approximate surface area is 113 Å². The van der Waals surface area contributed by atoms with Crippen LogP contribution < -0.4 is 5.32 Å². The molecule has 4 nitrogen and oxygen atoms in total. The third-order valence-corrected chi connectivity index (χ3v) is 4.92. The lowest BCUT2D eigenvalue weighted by Crippen LogP contribution is -2.53. The van der Waals surface area contributed by atoms with E-state index in [0.29, 0.717) is 12.5 Å². The maximum Gasteiger partial charge on any atom is 0.325 e. The van der Waals surface area contributed by atoms with Crippen molar-refractivity contribution < 1.29 is 9.59 Å². The van der Waals surface area contributed by atoms with Gasteiger partial charge in [0.25, 0.3) is 5.91 Å². The highest BCUT2D eigenvalue weighted by Gasteiger charge is 2.53. The van der Waals surface area contributed by atoms with E-state index in [1.165, 1.54) is 6.42 Å². The van der Waals surface area contributed by atoms with Gasteiger partial charge in [-0.05, 0) is 24.5 Å². The first-order valence-corrected chi connectivity index (χ1v) is 7.96. The van der Waals surface area contributed by atoms with Crippen molar-refractivity contribution in [3.05, 3.63) is 0 Å². The van der Waals surface area contributed by atoms with E-state index in [9.17, 15) is 9.59 Å². The topological polar surface area (TPSA) is 49.4 Å². The molecular formula is C13H22N2O2S. The fraction of sp³-hybridized carbons (Fsp3) is 0.846. The first kappa shape index (κ1) is 13.7. The lowest BCUT2D eigenvalue weighted by molar-refractivity contribution is -0.128. The average molecular weight is 270 g/mol. The summed E-state index contributed by atoms with van der Waals surface area (Å²) in [5.41, 5.74) is -0.539. The van der Waals surface area contributed by atoms with E-state index in [-0.39, 0.29) is 11.9 Å². The van der Waals surface area contributed by atoms with Gasteiger partial charge in [0.1, 0.15) is 5.54 Å². The number of nitrogens with zero attached hydrogens (tertiary/aromatic N) is 1. The van der Waals surface area contributed by atoms with Crippen LogP contribution in [0.5, 0.6) is 0 Å². The van der Waals surface area contributed by atoms with Crippen LogP contribution in [-0.4, -0.2) is 40.4 Å². The predicted molar refractivity (Wildman–Crippen MR) is 73.6 cm³/mol. The number of thioether (sulfide) groups is 1. The molecule has 0 aromatic carbocycles. The molecule has 1 saturated carbocycles. The third-order valence-electron chi connectivity index (χ3n) is 4.04. The summed E-state index contributed by atoms with van der Waals surface area (Å²) in [6.07, 6.45) is 3.85. The van der Waals surface area contributed by atoms with Crippen LogP contribution in [0.2, 0.25) is 0 Å². The Hall–Kier alpha value is -0.710. The van der Waals surface area contributed by atoms with Gasteiger partial charge in [0.2, 0.25) is 0 Å². The second-order valence-electron chi connectivity index (χ2n) is 5.34. The summed E-state index contributed by atoms with van der Waals surface area (Å²) in [4.78, 5) is 25.9. The molecule has 2 rings (SSSR count). The first-order valence-electron chi connectivity index (χ1n) is 6.81. The number of rotatable bonds is 4. The molecule has 1 heterocycles. The molecule has 1 spiro atoms. The van der Waals surface area contributed by atoms with Crippen molar-refractivity contribution >= 4 is 23.7 Å². The summed E-state index contributed by atoms with van der Waals surface area (Å²) in [6.45, 7) is 4.97. The lowest BCUT2D eigenvalue weighted by Gasteiger charge is -2.40. The molecule has 2 aliphatic rings. The van der Waals surface area contributed by atoms with E-state index >= 15 is 0 Å². The largest absolute Gasteiger partial charge is 0.325 e. The van der Waals surface area contributed by atoms with Crippen LogP contribution in [0.3, 0.4) is 0 Å². The maximum atomic E-state index is 12.2. The third kappa shape index (κ3) is 2.37. The van der Waals surface area contributed by atoms with E-state index in [1.54, 1.807) is 4.90 Å². The van der Waals surface area contributed by atoms with Gasteiger partial charge in [-0.2, -0.15) is 11.8 Å². The van der Waals surface area contributed by atoms with E-state index < -0.39 is 5.54 Å². The monoisotopic (exact) mass is 270 g/mol. The average Bonchev–Trinajstić information content (AvgIpc) is 2.53. The molecule has 5 heteroatoms. The summed E-state index contributed by atoms with van der Waals surface area (Å²) >= 11 is 1.81. The summed E-state index contributed by atoms with van der Waals surface area (Å²) in [6, 6.07) is -0.189. The summed E-state index contributed by atoms with van der Waals surface area (Å²) in [7, 11) is 0. The summed E-state index contributed by atoms with van der Waals surface area (Å²) in [5, 5.41) is 2.51. The van der Waals surface area contributed by atoms with E-state index in [4.69, 9.17) is 0 Å². The molecule has 2 unspecified atom stereocenters. The number of amides is 3. The van der Waals surface area contributed by atoms with Crippen LogP contribution in [0.25, 0.3) is 0 Å². The Kier molecular flexibility index (Phi) is 4.20. The Morgan fingerprint density at radius 1 is 1.50 bits per heavy atom. The molecule has 2 fully saturated rings. The molecule has 1 aliphatic heterocycles. The SMILES string of the molecule is CCSCCN1C(=O)NC(=O)C12CCCC(C)C2. The zero-order valence-electron chi connectivity index (χ0n) is 11.2. The Balaban J connectivity index is 2.13. The molecule has 0 aromatic heterocycles. The quantitative estimate of drug-likeness (QED) is 0.629. The highest BCUT2D eigenvalue weighted by Crippen LogP contribution is 2.39. The second kappa shape index (κ2) is 5.51. The van der Waals surface area contributed by atoms with Crippen molar-refractivity contribution in [3.63, 3.8) is 0 Å². The van der Waals surface area contributed by atoms with Crippen molar-refractivity contribution in [2.24, 2.45) is 5.92 Å². The van der Waals surface area contributed by atoms with E-state index in [0.717, 1.165) is 30.8 Å². The number of nitrogens with one attached hydrogen (secondary N) is 1. The Bertz CT molecular complexity index is 348. The molecular weight excluding hydrogens is 248 g/mol. The van der Waals surface area contributed by atoms with Gasteiger partial charge in [0, 0.05) is 12.3 Å². The molecule has 0 bridgehead atoms. The van der Waals surface area contributed by atoms with Gasteiger partial charge in [-0.25, -0.2) is 4.79 Å². The van der Waals surface area contributed by atoms with Gasteiger partial charge in [0.15, 0.2) is 0 Å². The van der Waals surface area contributed by atoms with Gasteiger partial charge < -0.3 is 4.90 Å².